The van der Waals surface area contributed by atoms with Crippen molar-refractivity contribution >= 4 is 52.5 Å². The van der Waals surface area contributed by atoms with Gasteiger partial charge in [0, 0.05) is 11.4 Å². The van der Waals surface area contributed by atoms with Crippen molar-refractivity contribution in [3.63, 3.8) is 0 Å². The van der Waals surface area contributed by atoms with Gasteiger partial charge in [-0.1, -0.05) is 48.0 Å². The predicted molar refractivity (Wildman–Crippen MR) is 76.9 cm³/mol. The van der Waals surface area contributed by atoms with Crippen LogP contribution in [0, 0.1) is 0 Å². The number of anilines is 2. The zero-order chi connectivity index (χ0) is 11.2. The van der Waals surface area contributed by atoms with E-state index in [0.717, 1.165) is 11.4 Å². The summed E-state index contributed by atoms with van der Waals surface area (Å²) in [6.07, 6.45) is 0. The molecule has 4 heteroatoms. The van der Waals surface area contributed by atoms with Crippen molar-refractivity contribution in [2.45, 2.75) is 5.62 Å². The summed E-state index contributed by atoms with van der Waals surface area (Å²) < 4.78 is 0. The van der Waals surface area contributed by atoms with Crippen LogP contribution in [-0.4, -0.2) is 35.2 Å². The molecule has 2 N–H and O–H groups in total. The fraction of sp³-hybridized carbons (Fsp3) is 0.0769. The second kappa shape index (κ2) is 7.62. The molecule has 0 aliphatic carbocycles. The number of halogens is 1. The molecule has 0 heterocycles. The van der Waals surface area contributed by atoms with Crippen molar-refractivity contribution in [1.29, 1.82) is 0 Å². The van der Waals surface area contributed by atoms with Gasteiger partial charge in [-0.3, -0.25) is 0 Å². The van der Waals surface area contributed by atoms with Gasteiger partial charge in [0.05, 0.1) is 0 Å². The van der Waals surface area contributed by atoms with Crippen LogP contribution in [0.2, 0.25) is 0 Å². The number of nitrogens with one attached hydrogen (secondary N) is 2. The Balaban J connectivity index is 0.00000144. The van der Waals surface area contributed by atoms with Crippen LogP contribution in [0.1, 0.15) is 0 Å². The van der Waals surface area contributed by atoms with E-state index in [2.05, 4.69) is 10.6 Å². The average Bonchev–Trinajstić information content (AvgIpc) is 2.31. The molecule has 0 fully saturated rings. The Morgan fingerprint density at radius 1 is 0.706 bits per heavy atom. The van der Waals surface area contributed by atoms with Crippen molar-refractivity contribution in [2.75, 3.05) is 10.6 Å². The molecule has 2 aromatic rings. The Hall–Kier alpha value is -0.670. The van der Waals surface area contributed by atoms with Crippen LogP contribution in [-0.2, 0) is 0 Å². The van der Waals surface area contributed by atoms with Gasteiger partial charge in [0.2, 0.25) is 0 Å². The number of alkyl halides is 1. The maximum atomic E-state index is 6.13. The first-order chi connectivity index (χ1) is 7.84. The molecular formula is C13H14ClN2Na. The zero-order valence-electron chi connectivity index (χ0n) is 8.73. The zero-order valence-corrected chi connectivity index (χ0v) is 9.48. The van der Waals surface area contributed by atoms with Gasteiger partial charge in [0.15, 0.2) is 5.62 Å². The first-order valence-electron chi connectivity index (χ1n) is 5.12. The molecule has 0 unspecified atom stereocenters. The van der Waals surface area contributed by atoms with Crippen LogP contribution in [0.5, 0.6) is 0 Å². The van der Waals surface area contributed by atoms with Gasteiger partial charge < -0.3 is 10.6 Å². The number of benzene rings is 2. The van der Waals surface area contributed by atoms with E-state index < -0.39 is 0 Å². The van der Waals surface area contributed by atoms with Gasteiger partial charge >= 0.3 is 29.6 Å². The second-order valence-electron chi connectivity index (χ2n) is 3.38. The summed E-state index contributed by atoms with van der Waals surface area (Å²) in [6, 6.07) is 19.7. The van der Waals surface area contributed by atoms with E-state index in [4.69, 9.17) is 11.6 Å². The van der Waals surface area contributed by atoms with Crippen molar-refractivity contribution in [1.82, 2.24) is 0 Å². The third kappa shape index (κ3) is 5.00. The van der Waals surface area contributed by atoms with E-state index in [-0.39, 0.29) is 35.2 Å². The molecule has 0 bridgehead atoms. The van der Waals surface area contributed by atoms with Gasteiger partial charge in [-0.15, -0.1) is 0 Å². The summed E-state index contributed by atoms with van der Waals surface area (Å²) in [5.41, 5.74) is 1.65. The number of para-hydroxylation sites is 2. The van der Waals surface area contributed by atoms with Gasteiger partial charge in [0.1, 0.15) is 0 Å². The molecule has 0 aromatic heterocycles. The van der Waals surface area contributed by atoms with Gasteiger partial charge in [-0.2, -0.15) is 0 Å². The van der Waals surface area contributed by atoms with E-state index in [1.54, 1.807) is 0 Å². The maximum absolute atomic E-state index is 6.13. The molecular weight excluding hydrogens is 243 g/mol. The summed E-state index contributed by atoms with van der Waals surface area (Å²) in [5, 5.41) is 6.29. The Bertz CT molecular complexity index is 380. The van der Waals surface area contributed by atoms with E-state index in [9.17, 15) is 0 Å². The topological polar surface area (TPSA) is 24.1 Å². The monoisotopic (exact) mass is 256 g/mol. The molecule has 0 amide bonds. The van der Waals surface area contributed by atoms with Crippen LogP contribution < -0.4 is 10.6 Å². The summed E-state index contributed by atoms with van der Waals surface area (Å²) in [5.74, 6) is 0. The first-order valence-corrected chi connectivity index (χ1v) is 5.55. The summed E-state index contributed by atoms with van der Waals surface area (Å²) >= 11 is 6.13. The molecule has 0 saturated heterocycles. The number of rotatable bonds is 4. The molecule has 2 aromatic carbocycles. The normalized spacial score (nSPS) is 9.53. The third-order valence-corrected chi connectivity index (χ3v) is 2.35. The Morgan fingerprint density at radius 3 is 1.41 bits per heavy atom. The van der Waals surface area contributed by atoms with E-state index in [0.29, 0.717) is 0 Å². The van der Waals surface area contributed by atoms with Gasteiger partial charge in [-0.05, 0) is 24.3 Å². The molecule has 0 atom stereocenters. The molecule has 84 valence electrons. The standard InChI is InChI=1S/C13H13ClN2.Na.H/c14-13(15-11-7-3-1-4-8-11)16-12-9-5-2-6-10-12;;/h1-10,13,15-16H;;. The first kappa shape index (κ1) is 14.4. The third-order valence-electron chi connectivity index (χ3n) is 2.13. The summed E-state index contributed by atoms with van der Waals surface area (Å²) in [6.45, 7) is 0. The van der Waals surface area contributed by atoms with Crippen LogP contribution in [0.4, 0.5) is 11.4 Å². The molecule has 17 heavy (non-hydrogen) atoms. The minimum absolute atomic E-state index is 0. The summed E-state index contributed by atoms with van der Waals surface area (Å²) in [4.78, 5) is 0. The van der Waals surface area contributed by atoms with Crippen LogP contribution >= 0.6 is 11.6 Å². The molecule has 0 spiro atoms. The Kier molecular flexibility index (Phi) is 6.45. The summed E-state index contributed by atoms with van der Waals surface area (Å²) in [7, 11) is 0. The molecule has 0 saturated carbocycles. The Morgan fingerprint density at radius 2 is 1.06 bits per heavy atom. The fourth-order valence-electron chi connectivity index (χ4n) is 1.40. The van der Waals surface area contributed by atoms with E-state index >= 15 is 0 Å². The van der Waals surface area contributed by atoms with Crippen molar-refractivity contribution in [3.05, 3.63) is 60.7 Å². The van der Waals surface area contributed by atoms with Crippen LogP contribution in [0.3, 0.4) is 0 Å². The molecule has 2 rings (SSSR count). The SMILES string of the molecule is ClC(Nc1ccccc1)Nc1ccccc1.[NaH]. The Labute approximate surface area is 129 Å². The van der Waals surface area contributed by atoms with Crippen molar-refractivity contribution < 1.29 is 0 Å². The second-order valence-corrected chi connectivity index (χ2v) is 3.82. The van der Waals surface area contributed by atoms with E-state index in [1.165, 1.54) is 0 Å². The van der Waals surface area contributed by atoms with Crippen LogP contribution in [0.15, 0.2) is 60.7 Å². The fourth-order valence-corrected chi connectivity index (χ4v) is 1.65. The molecule has 0 aliphatic rings. The average molecular weight is 257 g/mol. The van der Waals surface area contributed by atoms with Gasteiger partial charge in [0.25, 0.3) is 0 Å². The molecule has 2 nitrogen and oxygen atoms in total. The predicted octanol–water partition coefficient (Wildman–Crippen LogP) is 3.08. The van der Waals surface area contributed by atoms with Crippen molar-refractivity contribution in [3.8, 4) is 0 Å². The molecule has 0 aliphatic heterocycles. The van der Waals surface area contributed by atoms with Crippen molar-refractivity contribution in [2.24, 2.45) is 0 Å². The quantitative estimate of drug-likeness (QED) is 0.380. The minimum atomic E-state index is -0.329. The molecule has 0 radical (unpaired) electrons. The number of hydrogen-bond donors (Lipinski definition) is 2. The van der Waals surface area contributed by atoms with Gasteiger partial charge in [-0.25, -0.2) is 0 Å². The van der Waals surface area contributed by atoms with Crippen LogP contribution in [0.25, 0.3) is 0 Å². The van der Waals surface area contributed by atoms with E-state index in [1.807, 2.05) is 60.7 Å². The number of hydrogen-bond acceptors (Lipinski definition) is 2.